The number of nitrogens with zero attached hydrogens (tertiary/aromatic N) is 2. The van der Waals surface area contributed by atoms with E-state index in [1.165, 1.54) is 16.5 Å². The van der Waals surface area contributed by atoms with Gasteiger partial charge < -0.3 is 9.64 Å². The van der Waals surface area contributed by atoms with Crippen LogP contribution in [0.2, 0.25) is 0 Å². The number of esters is 1. The Kier molecular flexibility index (Phi) is 5.81. The van der Waals surface area contributed by atoms with Gasteiger partial charge in [-0.15, -0.1) is 11.3 Å². The molecule has 0 aliphatic carbocycles. The summed E-state index contributed by atoms with van der Waals surface area (Å²) in [5.41, 5.74) is 0. The van der Waals surface area contributed by atoms with Gasteiger partial charge in [-0.1, -0.05) is 0 Å². The van der Waals surface area contributed by atoms with Gasteiger partial charge in [0.05, 0.1) is 13.5 Å². The number of hydrogen-bond acceptors (Lipinski definition) is 5. The summed E-state index contributed by atoms with van der Waals surface area (Å²) in [5.74, 6) is -0.120. The number of methoxy groups -OCH3 is 1. The SMILES string of the molecule is COC(=O)CCN1CCN(Cc2sccc2Br)CC1. The lowest BCUT2D eigenvalue weighted by molar-refractivity contribution is -0.141. The van der Waals surface area contributed by atoms with Crippen LogP contribution in [0.1, 0.15) is 11.3 Å². The second kappa shape index (κ2) is 7.38. The second-order valence-electron chi connectivity index (χ2n) is 4.64. The van der Waals surface area contributed by atoms with E-state index in [2.05, 4.69) is 41.9 Å². The first-order chi connectivity index (χ1) is 9.19. The summed E-state index contributed by atoms with van der Waals surface area (Å²) in [7, 11) is 1.44. The molecule has 19 heavy (non-hydrogen) atoms. The van der Waals surface area contributed by atoms with Gasteiger partial charge in [0.1, 0.15) is 0 Å². The van der Waals surface area contributed by atoms with Gasteiger partial charge in [-0.05, 0) is 27.4 Å². The maximum atomic E-state index is 11.1. The number of carbonyl (C=O) groups is 1. The third-order valence-corrected chi connectivity index (χ3v) is 5.29. The Morgan fingerprint density at radius 1 is 1.37 bits per heavy atom. The van der Waals surface area contributed by atoms with E-state index in [1.807, 2.05) is 0 Å². The Morgan fingerprint density at radius 2 is 2.05 bits per heavy atom. The minimum Gasteiger partial charge on any atom is -0.469 e. The van der Waals surface area contributed by atoms with E-state index in [-0.39, 0.29) is 5.97 Å². The van der Waals surface area contributed by atoms with E-state index >= 15 is 0 Å². The first-order valence-corrected chi connectivity index (χ1v) is 8.09. The topological polar surface area (TPSA) is 32.8 Å². The summed E-state index contributed by atoms with van der Waals surface area (Å²) in [6.45, 7) is 6.00. The maximum Gasteiger partial charge on any atom is 0.306 e. The Labute approximate surface area is 126 Å². The molecule has 1 fully saturated rings. The van der Waals surface area contributed by atoms with Gasteiger partial charge in [0.15, 0.2) is 0 Å². The van der Waals surface area contributed by atoms with Crippen molar-refractivity contribution in [1.82, 2.24) is 9.80 Å². The summed E-state index contributed by atoms with van der Waals surface area (Å²) < 4.78 is 5.88. The smallest absolute Gasteiger partial charge is 0.306 e. The van der Waals surface area contributed by atoms with E-state index in [1.54, 1.807) is 11.3 Å². The van der Waals surface area contributed by atoms with Crippen LogP contribution < -0.4 is 0 Å². The molecule has 0 amide bonds. The molecule has 0 radical (unpaired) electrons. The van der Waals surface area contributed by atoms with Crippen LogP contribution in [0.15, 0.2) is 15.9 Å². The maximum absolute atomic E-state index is 11.1. The average Bonchev–Trinajstić information content (AvgIpc) is 2.83. The fourth-order valence-electron chi connectivity index (χ4n) is 2.16. The standard InChI is InChI=1S/C13H19BrN2O2S/c1-18-13(17)2-4-15-5-7-16(8-6-15)10-12-11(14)3-9-19-12/h3,9H,2,4-8,10H2,1H3. The molecule has 1 saturated heterocycles. The van der Waals surface area contributed by atoms with Crippen LogP contribution in [-0.4, -0.2) is 55.6 Å². The summed E-state index contributed by atoms with van der Waals surface area (Å²) in [6, 6.07) is 2.10. The van der Waals surface area contributed by atoms with Crippen LogP contribution in [0, 0.1) is 0 Å². The minimum absolute atomic E-state index is 0.120. The Hall–Kier alpha value is -0.430. The molecule has 2 heterocycles. The molecule has 0 aromatic carbocycles. The molecule has 0 N–H and O–H groups in total. The van der Waals surface area contributed by atoms with Crippen LogP contribution >= 0.6 is 27.3 Å². The van der Waals surface area contributed by atoms with E-state index in [9.17, 15) is 4.79 Å². The number of carbonyl (C=O) groups excluding carboxylic acids is 1. The number of rotatable bonds is 5. The normalized spacial score (nSPS) is 17.6. The van der Waals surface area contributed by atoms with Crippen molar-refractivity contribution < 1.29 is 9.53 Å². The molecule has 106 valence electrons. The Bertz CT molecular complexity index is 417. The lowest BCUT2D eigenvalue weighted by Crippen LogP contribution is -2.46. The van der Waals surface area contributed by atoms with Crippen molar-refractivity contribution in [2.75, 3.05) is 39.8 Å². The van der Waals surface area contributed by atoms with Crippen LogP contribution in [0.3, 0.4) is 0 Å². The second-order valence-corrected chi connectivity index (χ2v) is 6.49. The number of thiophene rings is 1. The predicted octanol–water partition coefficient (Wildman–Crippen LogP) is 2.19. The van der Waals surface area contributed by atoms with Gasteiger partial charge in [-0.2, -0.15) is 0 Å². The zero-order chi connectivity index (χ0) is 13.7. The van der Waals surface area contributed by atoms with E-state index < -0.39 is 0 Å². The minimum atomic E-state index is -0.120. The van der Waals surface area contributed by atoms with E-state index in [0.29, 0.717) is 6.42 Å². The van der Waals surface area contributed by atoms with Crippen molar-refractivity contribution >= 4 is 33.2 Å². The van der Waals surface area contributed by atoms with E-state index in [4.69, 9.17) is 0 Å². The molecule has 6 heteroatoms. The molecule has 2 rings (SSSR count). The highest BCUT2D eigenvalue weighted by atomic mass is 79.9. The Morgan fingerprint density at radius 3 is 2.63 bits per heavy atom. The van der Waals surface area contributed by atoms with Crippen LogP contribution in [0.5, 0.6) is 0 Å². The van der Waals surface area contributed by atoms with Gasteiger partial charge in [0.25, 0.3) is 0 Å². The zero-order valence-corrected chi connectivity index (χ0v) is 13.5. The first-order valence-electron chi connectivity index (χ1n) is 6.42. The average molecular weight is 347 g/mol. The fourth-order valence-corrected chi connectivity index (χ4v) is 3.68. The van der Waals surface area contributed by atoms with Crippen LogP contribution in [0.4, 0.5) is 0 Å². The summed E-state index contributed by atoms with van der Waals surface area (Å²) in [4.78, 5) is 17.3. The van der Waals surface area contributed by atoms with Crippen LogP contribution in [-0.2, 0) is 16.1 Å². The van der Waals surface area contributed by atoms with Crippen molar-refractivity contribution in [1.29, 1.82) is 0 Å². The fraction of sp³-hybridized carbons (Fsp3) is 0.615. The highest BCUT2D eigenvalue weighted by Crippen LogP contribution is 2.24. The molecule has 1 aliphatic rings. The summed E-state index contributed by atoms with van der Waals surface area (Å²) >= 11 is 5.37. The largest absolute Gasteiger partial charge is 0.469 e. The van der Waals surface area contributed by atoms with Gasteiger partial charge in [0, 0.05) is 48.6 Å². The molecular formula is C13H19BrN2O2S. The van der Waals surface area contributed by atoms with Gasteiger partial charge in [-0.3, -0.25) is 9.69 Å². The summed E-state index contributed by atoms with van der Waals surface area (Å²) in [6.07, 6.45) is 0.493. The lowest BCUT2D eigenvalue weighted by atomic mass is 10.3. The van der Waals surface area contributed by atoms with E-state index in [0.717, 1.165) is 39.3 Å². The molecular weight excluding hydrogens is 328 g/mol. The highest BCUT2D eigenvalue weighted by Gasteiger charge is 2.18. The molecule has 0 unspecified atom stereocenters. The third kappa shape index (κ3) is 4.56. The van der Waals surface area contributed by atoms with Gasteiger partial charge in [0.2, 0.25) is 0 Å². The quantitative estimate of drug-likeness (QED) is 0.765. The van der Waals surface area contributed by atoms with Crippen molar-refractivity contribution in [2.24, 2.45) is 0 Å². The number of piperazine rings is 1. The van der Waals surface area contributed by atoms with Crippen molar-refractivity contribution in [3.8, 4) is 0 Å². The first kappa shape index (κ1) is 15.0. The Balaban J connectivity index is 1.70. The van der Waals surface area contributed by atoms with Crippen molar-refractivity contribution in [2.45, 2.75) is 13.0 Å². The number of hydrogen-bond donors (Lipinski definition) is 0. The molecule has 4 nitrogen and oxygen atoms in total. The molecule has 0 spiro atoms. The number of ether oxygens (including phenoxy) is 1. The van der Waals surface area contributed by atoms with Crippen molar-refractivity contribution in [3.05, 3.63) is 20.8 Å². The lowest BCUT2D eigenvalue weighted by Gasteiger charge is -2.34. The van der Waals surface area contributed by atoms with Gasteiger partial charge in [-0.25, -0.2) is 0 Å². The third-order valence-electron chi connectivity index (χ3n) is 3.38. The van der Waals surface area contributed by atoms with Crippen LogP contribution in [0.25, 0.3) is 0 Å². The summed E-state index contributed by atoms with van der Waals surface area (Å²) in [5, 5.41) is 2.12. The molecule has 0 bridgehead atoms. The van der Waals surface area contributed by atoms with Crippen molar-refractivity contribution in [3.63, 3.8) is 0 Å². The molecule has 0 saturated carbocycles. The van der Waals surface area contributed by atoms with Gasteiger partial charge >= 0.3 is 5.97 Å². The predicted molar refractivity (Wildman–Crippen MR) is 80.4 cm³/mol. The molecule has 1 aromatic heterocycles. The zero-order valence-electron chi connectivity index (χ0n) is 11.1. The number of halogens is 1. The molecule has 1 aromatic rings. The highest BCUT2D eigenvalue weighted by molar-refractivity contribution is 9.10. The monoisotopic (exact) mass is 346 g/mol. The molecule has 1 aliphatic heterocycles. The molecule has 0 atom stereocenters.